The van der Waals surface area contributed by atoms with Crippen molar-refractivity contribution in [2.24, 2.45) is 10.2 Å². The van der Waals surface area contributed by atoms with Gasteiger partial charge in [-0.25, -0.2) is 0 Å². The second kappa shape index (κ2) is 16.6. The van der Waals surface area contributed by atoms with Crippen molar-refractivity contribution < 1.29 is 14.3 Å². The Kier molecular flexibility index (Phi) is 11.1. The minimum atomic E-state index is -0.879. The molecule has 1 heterocycles. The summed E-state index contributed by atoms with van der Waals surface area (Å²) >= 11 is 0. The van der Waals surface area contributed by atoms with Gasteiger partial charge in [-0.2, -0.15) is 26.0 Å². The Bertz CT molecular complexity index is 2690. The van der Waals surface area contributed by atoms with E-state index in [0.29, 0.717) is 36.5 Å². The van der Waals surface area contributed by atoms with Crippen LogP contribution in [-0.2, 0) is 20.7 Å². The minimum Gasteiger partial charge on any atom is -0.480 e. The number of hydrogen-bond donors (Lipinski definition) is 0. The number of nitriles is 3. The predicted octanol–water partition coefficient (Wildman–Crippen LogP) is 11.3. The third kappa shape index (κ3) is 8.08. The van der Waals surface area contributed by atoms with E-state index in [1.807, 2.05) is 54.6 Å². The molecule has 0 radical (unpaired) electrons. The third-order valence-electron chi connectivity index (χ3n) is 10.3. The zero-order valence-corrected chi connectivity index (χ0v) is 32.1. The van der Waals surface area contributed by atoms with E-state index in [1.54, 1.807) is 32.1 Å². The molecule has 57 heavy (non-hydrogen) atoms. The molecule has 6 aromatic carbocycles. The van der Waals surface area contributed by atoms with Gasteiger partial charge in [0.05, 0.1) is 17.9 Å². The highest BCUT2D eigenvalue weighted by Crippen LogP contribution is 2.41. The Hall–Kier alpha value is -7.28. The number of benzene rings is 6. The predicted molar refractivity (Wildman–Crippen MR) is 224 cm³/mol. The number of hydrogen-bond acceptors (Lipinski definition) is 9. The Morgan fingerprint density at radius 1 is 0.807 bits per heavy atom. The van der Waals surface area contributed by atoms with E-state index >= 15 is 0 Å². The molecule has 9 nitrogen and oxygen atoms in total. The van der Waals surface area contributed by atoms with Gasteiger partial charge in [-0.1, -0.05) is 78.9 Å². The molecule has 0 unspecified atom stereocenters. The van der Waals surface area contributed by atoms with Crippen LogP contribution in [0.2, 0.25) is 0 Å². The number of likely N-dealkylation sites (N-methyl/N-ethyl adjacent to an activating group) is 1. The van der Waals surface area contributed by atoms with Crippen molar-refractivity contribution in [2.45, 2.75) is 45.6 Å². The zero-order chi connectivity index (χ0) is 39.9. The molecule has 6 aromatic rings. The second-order valence-corrected chi connectivity index (χ2v) is 14.3. The average Bonchev–Trinajstić information content (AvgIpc) is 3.49. The number of esters is 1. The number of ether oxygens (including phenoxy) is 2. The fraction of sp³-hybridized carbons (Fsp3) is 0.208. The van der Waals surface area contributed by atoms with Crippen LogP contribution < -0.4 is 4.90 Å². The van der Waals surface area contributed by atoms with E-state index in [4.69, 9.17) is 9.47 Å². The maximum absolute atomic E-state index is 12.7. The molecule has 9 heteroatoms. The Morgan fingerprint density at radius 2 is 1.44 bits per heavy atom. The molecule has 1 aliphatic rings. The molecule has 0 amide bonds. The van der Waals surface area contributed by atoms with Crippen molar-refractivity contribution in [2.75, 3.05) is 24.6 Å². The standard InChI is InChI=1S/C48H40N6O3/c1-4-54(27-28-56-44(55)10-6-7-33-14-15-36-17-16-34-8-5-9-35-18-25-41(33)46(36)45(34)35)40-23-21-39(22-24-40)53-52-38-19-11-32(12-20-38)13-26-43-42(31-51)47(37(29-49)30-50)57-48(43,2)3/h5,8-9,11-26H,4,6-7,10,27-28H2,1-3H3/b26-13+,53-52?. The summed E-state index contributed by atoms with van der Waals surface area (Å²) in [4.78, 5) is 14.9. The maximum atomic E-state index is 12.7. The smallest absolute Gasteiger partial charge is 0.305 e. The van der Waals surface area contributed by atoms with Crippen LogP contribution in [0, 0.1) is 34.0 Å². The van der Waals surface area contributed by atoms with Crippen molar-refractivity contribution in [3.05, 3.63) is 143 Å². The number of carbonyl (C=O) groups excluding carboxylic acids is 1. The molecule has 0 bridgehead atoms. The summed E-state index contributed by atoms with van der Waals surface area (Å²) in [6.45, 7) is 7.29. The van der Waals surface area contributed by atoms with Crippen LogP contribution in [-0.4, -0.2) is 31.3 Å². The Balaban J connectivity index is 0.891. The second-order valence-electron chi connectivity index (χ2n) is 14.3. The van der Waals surface area contributed by atoms with Gasteiger partial charge >= 0.3 is 5.97 Å². The average molecular weight is 749 g/mol. The van der Waals surface area contributed by atoms with Crippen LogP contribution in [0.3, 0.4) is 0 Å². The van der Waals surface area contributed by atoms with Gasteiger partial charge in [0.15, 0.2) is 11.3 Å². The summed E-state index contributed by atoms with van der Waals surface area (Å²) in [7, 11) is 0. The first-order chi connectivity index (χ1) is 27.7. The lowest BCUT2D eigenvalue weighted by Crippen LogP contribution is -2.27. The lowest BCUT2D eigenvalue weighted by atomic mass is 9.90. The number of allylic oxidation sites excluding steroid dienone is 2. The van der Waals surface area contributed by atoms with Crippen molar-refractivity contribution in [1.29, 1.82) is 15.8 Å². The van der Waals surface area contributed by atoms with Crippen LogP contribution in [0.15, 0.2) is 142 Å². The number of nitrogens with zero attached hydrogens (tertiary/aromatic N) is 6. The zero-order valence-electron chi connectivity index (χ0n) is 32.1. The molecular formula is C48H40N6O3. The van der Waals surface area contributed by atoms with E-state index in [9.17, 15) is 20.6 Å². The number of aryl methyl sites for hydroxylation is 1. The summed E-state index contributed by atoms with van der Waals surface area (Å²) in [5.41, 5.74) is 4.15. The topological polar surface area (TPSA) is 135 Å². The van der Waals surface area contributed by atoms with Crippen LogP contribution in [0.4, 0.5) is 17.1 Å². The largest absolute Gasteiger partial charge is 0.480 e. The number of azo groups is 1. The summed E-state index contributed by atoms with van der Waals surface area (Å²) in [6, 6.07) is 40.6. The molecule has 0 saturated carbocycles. The molecular weight excluding hydrogens is 709 g/mol. The van der Waals surface area contributed by atoms with Crippen molar-refractivity contribution >= 4 is 61.4 Å². The van der Waals surface area contributed by atoms with E-state index in [1.165, 1.54) is 37.9 Å². The highest BCUT2D eigenvalue weighted by molar-refractivity contribution is 6.23. The summed E-state index contributed by atoms with van der Waals surface area (Å²) < 4.78 is 11.5. The first kappa shape index (κ1) is 38.0. The molecule has 0 saturated heterocycles. The van der Waals surface area contributed by atoms with Gasteiger partial charge in [0.1, 0.15) is 36.0 Å². The molecule has 0 fully saturated rings. The van der Waals surface area contributed by atoms with Gasteiger partial charge in [0.25, 0.3) is 0 Å². The molecule has 7 rings (SSSR count). The molecule has 0 aliphatic carbocycles. The molecule has 0 atom stereocenters. The van der Waals surface area contributed by atoms with Gasteiger partial charge in [0.2, 0.25) is 0 Å². The molecule has 0 aromatic heterocycles. The molecule has 0 spiro atoms. The molecule has 0 N–H and O–H groups in total. The fourth-order valence-corrected chi connectivity index (χ4v) is 7.41. The van der Waals surface area contributed by atoms with E-state index < -0.39 is 5.60 Å². The Labute approximate surface area is 332 Å². The van der Waals surface area contributed by atoms with Gasteiger partial charge in [0, 0.05) is 24.2 Å². The quantitative estimate of drug-likeness (QED) is 0.0496. The van der Waals surface area contributed by atoms with Crippen LogP contribution >= 0.6 is 0 Å². The van der Waals surface area contributed by atoms with Gasteiger partial charge in [-0.15, -0.1) is 0 Å². The van der Waals surface area contributed by atoms with E-state index in [0.717, 1.165) is 30.6 Å². The normalized spacial score (nSPS) is 13.6. The highest BCUT2D eigenvalue weighted by Gasteiger charge is 2.38. The van der Waals surface area contributed by atoms with Crippen molar-refractivity contribution in [3.63, 3.8) is 0 Å². The SMILES string of the molecule is CCN(CCOC(=O)CCCc1ccc2ccc3cccc4ccc1c2c34)c1ccc(N=Nc2ccc(/C=C/C3=C(C#N)C(=C(C#N)C#N)OC3(C)C)cc2)cc1. The summed E-state index contributed by atoms with van der Waals surface area (Å²) in [6.07, 6.45) is 5.52. The fourth-order valence-electron chi connectivity index (χ4n) is 7.41. The van der Waals surface area contributed by atoms with Crippen LogP contribution in [0.25, 0.3) is 38.4 Å². The summed E-state index contributed by atoms with van der Waals surface area (Å²) in [5.74, 6) is -0.169. The first-order valence-corrected chi connectivity index (χ1v) is 19.0. The van der Waals surface area contributed by atoms with Crippen molar-refractivity contribution in [3.8, 4) is 18.2 Å². The molecule has 1 aliphatic heterocycles. The number of rotatable bonds is 13. The monoisotopic (exact) mass is 748 g/mol. The van der Waals surface area contributed by atoms with Crippen LogP contribution in [0.1, 0.15) is 44.7 Å². The van der Waals surface area contributed by atoms with E-state index in [-0.39, 0.29) is 22.9 Å². The van der Waals surface area contributed by atoms with E-state index in [2.05, 4.69) is 82.7 Å². The number of carbonyl (C=O) groups is 1. The van der Waals surface area contributed by atoms with Crippen molar-refractivity contribution in [1.82, 2.24) is 0 Å². The lowest BCUT2D eigenvalue weighted by molar-refractivity contribution is -0.143. The van der Waals surface area contributed by atoms with Gasteiger partial charge in [-0.05, 0) is 113 Å². The third-order valence-corrected chi connectivity index (χ3v) is 10.3. The number of anilines is 1. The highest BCUT2D eigenvalue weighted by atomic mass is 16.5. The lowest BCUT2D eigenvalue weighted by Gasteiger charge is -2.23. The maximum Gasteiger partial charge on any atom is 0.305 e. The minimum absolute atomic E-state index is 0.0120. The van der Waals surface area contributed by atoms with Gasteiger partial charge < -0.3 is 14.4 Å². The van der Waals surface area contributed by atoms with Crippen LogP contribution in [0.5, 0.6) is 0 Å². The first-order valence-electron chi connectivity index (χ1n) is 19.0. The van der Waals surface area contributed by atoms with Gasteiger partial charge in [-0.3, -0.25) is 4.79 Å². The summed E-state index contributed by atoms with van der Waals surface area (Å²) in [5, 5.41) is 44.7. The Morgan fingerprint density at radius 3 is 2.09 bits per heavy atom. The molecule has 280 valence electrons.